The standard InChI is InChI=1S/C17H23NO3/c1-16(2,3)21-15(20)18(4)12-17(10-14(17)11-19)13-8-6-5-7-9-13/h5-9,11,14H,10,12H2,1-4H3/t14-,17-/m1/s1. The molecular weight excluding hydrogens is 266 g/mol. The lowest BCUT2D eigenvalue weighted by atomic mass is 9.93. The number of amides is 1. The van der Waals surface area contributed by atoms with E-state index in [2.05, 4.69) is 0 Å². The summed E-state index contributed by atoms with van der Waals surface area (Å²) in [5.74, 6) is -0.0233. The first-order valence-electron chi connectivity index (χ1n) is 7.23. The number of hydrogen-bond acceptors (Lipinski definition) is 3. The molecule has 0 saturated heterocycles. The molecule has 1 fully saturated rings. The van der Waals surface area contributed by atoms with E-state index in [9.17, 15) is 9.59 Å². The molecule has 1 aliphatic carbocycles. The zero-order chi connectivity index (χ0) is 15.7. The van der Waals surface area contributed by atoms with E-state index in [4.69, 9.17) is 4.74 Å². The Morgan fingerprint density at radius 3 is 2.48 bits per heavy atom. The van der Waals surface area contributed by atoms with Crippen LogP contribution in [-0.4, -0.2) is 36.5 Å². The lowest BCUT2D eigenvalue weighted by Gasteiger charge is -2.28. The molecule has 4 nitrogen and oxygen atoms in total. The van der Waals surface area contributed by atoms with Crippen LogP contribution in [0.4, 0.5) is 4.79 Å². The predicted molar refractivity (Wildman–Crippen MR) is 81.2 cm³/mol. The molecule has 0 unspecified atom stereocenters. The van der Waals surface area contributed by atoms with Crippen molar-refractivity contribution in [1.29, 1.82) is 0 Å². The van der Waals surface area contributed by atoms with Gasteiger partial charge in [-0.25, -0.2) is 4.79 Å². The lowest BCUT2D eigenvalue weighted by molar-refractivity contribution is -0.109. The Bertz CT molecular complexity index is 521. The zero-order valence-electron chi connectivity index (χ0n) is 13.1. The molecule has 1 aliphatic rings. The molecule has 2 rings (SSSR count). The summed E-state index contributed by atoms with van der Waals surface area (Å²) in [6.07, 6.45) is 1.43. The van der Waals surface area contributed by atoms with Gasteiger partial charge in [-0.3, -0.25) is 0 Å². The van der Waals surface area contributed by atoms with Gasteiger partial charge in [0.2, 0.25) is 0 Å². The second kappa shape index (κ2) is 5.51. The van der Waals surface area contributed by atoms with Crippen LogP contribution >= 0.6 is 0 Å². The van der Waals surface area contributed by atoms with Crippen molar-refractivity contribution in [2.45, 2.75) is 38.2 Å². The quantitative estimate of drug-likeness (QED) is 0.800. The average Bonchev–Trinajstić information content (AvgIpc) is 3.12. The Hall–Kier alpha value is -1.84. The van der Waals surface area contributed by atoms with Crippen molar-refractivity contribution < 1.29 is 14.3 Å². The maximum atomic E-state index is 12.1. The molecule has 1 aromatic rings. The average molecular weight is 289 g/mol. The summed E-state index contributed by atoms with van der Waals surface area (Å²) >= 11 is 0. The van der Waals surface area contributed by atoms with Crippen molar-refractivity contribution in [2.24, 2.45) is 5.92 Å². The van der Waals surface area contributed by atoms with Crippen LogP contribution in [0, 0.1) is 5.92 Å². The van der Waals surface area contributed by atoms with Crippen molar-refractivity contribution in [3.63, 3.8) is 0 Å². The molecular formula is C17H23NO3. The third-order valence-electron chi connectivity index (χ3n) is 3.87. The highest BCUT2D eigenvalue weighted by molar-refractivity contribution is 5.70. The Morgan fingerprint density at radius 1 is 1.38 bits per heavy atom. The number of nitrogens with zero attached hydrogens (tertiary/aromatic N) is 1. The first kappa shape index (κ1) is 15.5. The number of hydrogen-bond donors (Lipinski definition) is 0. The molecule has 0 aromatic heterocycles. The predicted octanol–water partition coefficient (Wildman–Crippen LogP) is 3.01. The minimum absolute atomic E-state index is 0.0233. The molecule has 1 saturated carbocycles. The number of carbonyl (C=O) groups excluding carboxylic acids is 2. The van der Waals surface area contributed by atoms with Crippen LogP contribution in [0.25, 0.3) is 0 Å². The van der Waals surface area contributed by atoms with E-state index in [0.717, 1.165) is 18.3 Å². The number of benzene rings is 1. The van der Waals surface area contributed by atoms with E-state index in [0.29, 0.717) is 6.54 Å². The molecule has 0 heterocycles. The van der Waals surface area contributed by atoms with Gasteiger partial charge in [0, 0.05) is 24.9 Å². The smallest absolute Gasteiger partial charge is 0.410 e. The van der Waals surface area contributed by atoms with Crippen LogP contribution in [0.3, 0.4) is 0 Å². The maximum Gasteiger partial charge on any atom is 0.410 e. The molecule has 0 N–H and O–H groups in total. The number of aldehydes is 1. The Balaban J connectivity index is 2.12. The van der Waals surface area contributed by atoms with E-state index < -0.39 is 5.60 Å². The summed E-state index contributed by atoms with van der Waals surface area (Å²) in [7, 11) is 1.72. The summed E-state index contributed by atoms with van der Waals surface area (Å²) in [4.78, 5) is 24.9. The first-order valence-corrected chi connectivity index (χ1v) is 7.23. The molecule has 114 valence electrons. The summed E-state index contributed by atoms with van der Waals surface area (Å²) in [6.45, 7) is 6.03. The number of likely N-dealkylation sites (N-methyl/N-ethyl adjacent to an activating group) is 1. The van der Waals surface area contributed by atoms with Crippen molar-refractivity contribution in [2.75, 3.05) is 13.6 Å². The maximum absolute atomic E-state index is 12.1. The second-order valence-corrected chi connectivity index (χ2v) is 6.81. The van der Waals surface area contributed by atoms with Gasteiger partial charge in [0.1, 0.15) is 11.9 Å². The fraction of sp³-hybridized carbons (Fsp3) is 0.529. The van der Waals surface area contributed by atoms with Crippen molar-refractivity contribution >= 4 is 12.4 Å². The van der Waals surface area contributed by atoms with Crippen molar-refractivity contribution in [3.05, 3.63) is 35.9 Å². The molecule has 1 aromatic carbocycles. The molecule has 2 atom stereocenters. The molecule has 21 heavy (non-hydrogen) atoms. The fourth-order valence-electron chi connectivity index (χ4n) is 2.71. The van der Waals surface area contributed by atoms with Gasteiger partial charge in [0.15, 0.2) is 0 Å². The van der Waals surface area contributed by atoms with E-state index in [1.165, 1.54) is 0 Å². The van der Waals surface area contributed by atoms with Crippen LogP contribution in [0.1, 0.15) is 32.8 Å². The number of ether oxygens (including phenoxy) is 1. The van der Waals surface area contributed by atoms with Crippen LogP contribution in [0.5, 0.6) is 0 Å². The number of rotatable bonds is 4. The van der Waals surface area contributed by atoms with Gasteiger partial charge in [-0.1, -0.05) is 30.3 Å². The Morgan fingerprint density at radius 2 is 2.00 bits per heavy atom. The highest BCUT2D eigenvalue weighted by atomic mass is 16.6. The Labute approximate surface area is 126 Å². The third kappa shape index (κ3) is 3.43. The molecule has 1 amide bonds. The van der Waals surface area contributed by atoms with Crippen LogP contribution in [0.15, 0.2) is 30.3 Å². The minimum Gasteiger partial charge on any atom is -0.444 e. The largest absolute Gasteiger partial charge is 0.444 e. The van der Waals surface area contributed by atoms with Crippen LogP contribution in [0.2, 0.25) is 0 Å². The van der Waals surface area contributed by atoms with Crippen LogP contribution < -0.4 is 0 Å². The van der Waals surface area contributed by atoms with E-state index >= 15 is 0 Å². The highest BCUT2D eigenvalue weighted by Crippen LogP contribution is 2.53. The molecule has 0 radical (unpaired) electrons. The molecule has 0 spiro atoms. The van der Waals surface area contributed by atoms with Gasteiger partial charge in [-0.15, -0.1) is 0 Å². The second-order valence-electron chi connectivity index (χ2n) is 6.81. The van der Waals surface area contributed by atoms with E-state index in [1.54, 1.807) is 11.9 Å². The lowest BCUT2D eigenvalue weighted by Crippen LogP contribution is -2.39. The zero-order valence-corrected chi connectivity index (χ0v) is 13.1. The molecule has 4 heteroatoms. The molecule has 0 bridgehead atoms. The van der Waals surface area contributed by atoms with Crippen LogP contribution in [-0.2, 0) is 14.9 Å². The topological polar surface area (TPSA) is 46.6 Å². The summed E-state index contributed by atoms with van der Waals surface area (Å²) in [5, 5.41) is 0. The van der Waals surface area contributed by atoms with Crippen molar-refractivity contribution in [1.82, 2.24) is 4.90 Å². The fourth-order valence-corrected chi connectivity index (χ4v) is 2.71. The van der Waals surface area contributed by atoms with Gasteiger partial charge < -0.3 is 14.4 Å². The van der Waals surface area contributed by atoms with Crippen molar-refractivity contribution in [3.8, 4) is 0 Å². The van der Waals surface area contributed by atoms with Gasteiger partial charge in [-0.05, 0) is 32.8 Å². The van der Waals surface area contributed by atoms with E-state index in [1.807, 2.05) is 51.1 Å². The monoisotopic (exact) mass is 289 g/mol. The first-order chi connectivity index (χ1) is 9.78. The minimum atomic E-state index is -0.515. The normalized spacial score (nSPS) is 24.3. The van der Waals surface area contributed by atoms with Gasteiger partial charge >= 0.3 is 6.09 Å². The summed E-state index contributed by atoms with van der Waals surface area (Å²) in [6, 6.07) is 9.92. The Kier molecular flexibility index (Phi) is 4.08. The van der Waals surface area contributed by atoms with Gasteiger partial charge in [0.05, 0.1) is 0 Å². The molecule has 0 aliphatic heterocycles. The highest BCUT2D eigenvalue weighted by Gasteiger charge is 2.56. The SMILES string of the molecule is CN(C[C@@]1(c2ccccc2)C[C@@H]1C=O)C(=O)OC(C)(C)C. The summed E-state index contributed by atoms with van der Waals surface area (Å²) in [5.41, 5.74) is 0.338. The summed E-state index contributed by atoms with van der Waals surface area (Å²) < 4.78 is 5.38. The van der Waals surface area contributed by atoms with Gasteiger partial charge in [0.25, 0.3) is 0 Å². The van der Waals surface area contributed by atoms with Gasteiger partial charge in [-0.2, -0.15) is 0 Å². The third-order valence-corrected chi connectivity index (χ3v) is 3.87. The number of carbonyl (C=O) groups is 2. The van der Waals surface area contributed by atoms with E-state index in [-0.39, 0.29) is 17.4 Å².